The normalized spacial score (nSPS) is 17.5. The van der Waals surface area contributed by atoms with Gasteiger partial charge in [-0.25, -0.2) is 0 Å². The van der Waals surface area contributed by atoms with Gasteiger partial charge < -0.3 is 0 Å². The van der Waals surface area contributed by atoms with Gasteiger partial charge in [-0.05, 0) is 0 Å². The Morgan fingerprint density at radius 2 is 1.38 bits per heavy atom. The minimum absolute atomic E-state index is 1.02. The zero-order valence-electron chi connectivity index (χ0n) is 15.7. The van der Waals surface area contributed by atoms with E-state index in [9.17, 15) is 0 Å². The van der Waals surface area contributed by atoms with Crippen molar-refractivity contribution in [1.29, 1.82) is 0 Å². The van der Waals surface area contributed by atoms with E-state index in [1.807, 2.05) is 0 Å². The Morgan fingerprint density at radius 1 is 0.808 bits per heavy atom. The van der Waals surface area contributed by atoms with Gasteiger partial charge in [-0.3, -0.25) is 0 Å². The molecule has 0 nitrogen and oxygen atoms in total. The predicted molar refractivity (Wildman–Crippen MR) is 112 cm³/mol. The van der Waals surface area contributed by atoms with Crippen LogP contribution in [0.4, 0.5) is 0 Å². The molecule has 0 saturated carbocycles. The van der Waals surface area contributed by atoms with Crippen LogP contribution in [-0.4, -0.2) is 4.21 Å². The maximum absolute atomic E-state index is 5.28. The van der Waals surface area contributed by atoms with Gasteiger partial charge in [0.1, 0.15) is 0 Å². The molecule has 2 aliphatic carbocycles. The molecule has 0 spiro atoms. The van der Waals surface area contributed by atoms with E-state index in [4.69, 9.17) is 4.21 Å². The molecule has 0 N–H and O–H groups in total. The van der Waals surface area contributed by atoms with Gasteiger partial charge in [0.15, 0.2) is 0 Å². The van der Waals surface area contributed by atoms with Gasteiger partial charge in [0, 0.05) is 0 Å². The Hall–Kier alpha value is -1.85. The molecule has 130 valence electrons. The zero-order chi connectivity index (χ0) is 18.2. The van der Waals surface area contributed by atoms with Gasteiger partial charge in [-0.1, -0.05) is 0 Å². The Morgan fingerprint density at radius 3 is 1.81 bits per heavy atom. The van der Waals surface area contributed by atoms with Crippen LogP contribution in [0.5, 0.6) is 0 Å². The van der Waals surface area contributed by atoms with Crippen molar-refractivity contribution in [1.82, 2.24) is 0 Å². The maximum atomic E-state index is 5.28. The molecule has 0 aromatic heterocycles. The average molecular weight is 418 g/mol. The Kier molecular flexibility index (Phi) is 4.32. The van der Waals surface area contributed by atoms with E-state index in [1.165, 1.54) is 17.7 Å². The first-order valence-electron chi connectivity index (χ1n) is 9.43. The van der Waals surface area contributed by atoms with Gasteiger partial charge in [-0.15, -0.1) is 0 Å². The molecule has 1 heteroatoms. The second-order valence-electron chi connectivity index (χ2n) is 7.82. The second kappa shape index (κ2) is 6.39. The fraction of sp³-hybridized carbons (Fsp3) is 0.160. The predicted octanol–water partition coefficient (Wildman–Crippen LogP) is 5.23. The van der Waals surface area contributed by atoms with Crippen LogP contribution in [0.2, 0.25) is 0 Å². The number of rotatable bonds is 4. The molecule has 26 heavy (non-hydrogen) atoms. The summed E-state index contributed by atoms with van der Waals surface area (Å²) in [5, 5.41) is 0. The summed E-state index contributed by atoms with van der Waals surface area (Å²) in [6.45, 7) is 4.52. The van der Waals surface area contributed by atoms with Gasteiger partial charge >= 0.3 is 158 Å². The molecular formula is C25H26Zr. The van der Waals surface area contributed by atoms with Crippen LogP contribution in [0, 0.1) is 0 Å². The van der Waals surface area contributed by atoms with Crippen LogP contribution in [-0.2, 0) is 18.3 Å². The molecule has 2 aromatic carbocycles. The molecule has 0 aliphatic heterocycles. The fourth-order valence-electron chi connectivity index (χ4n) is 4.80. The quantitative estimate of drug-likeness (QED) is 0.639. The van der Waals surface area contributed by atoms with Gasteiger partial charge in [0.25, 0.3) is 0 Å². The van der Waals surface area contributed by atoms with E-state index in [-0.39, 0.29) is 0 Å². The van der Waals surface area contributed by atoms with E-state index in [0.717, 1.165) is 12.8 Å². The number of hydrogen-bond acceptors (Lipinski definition) is 0. The first-order chi connectivity index (χ1) is 12.6. The van der Waals surface area contributed by atoms with Crippen LogP contribution in [0.25, 0.3) is 0 Å². The van der Waals surface area contributed by atoms with Crippen molar-refractivity contribution in [3.05, 3.63) is 103 Å². The minimum atomic E-state index is -4.12. The van der Waals surface area contributed by atoms with E-state index in [2.05, 4.69) is 98.8 Å². The molecule has 2 aromatic rings. The third kappa shape index (κ3) is 2.34. The SMILES string of the molecule is [CH2]=[Zr]([C]1=CC=CC1)([C]1=CC(C)=C(C)C1)([c]1ccccc1)[c]1ccccc1. The van der Waals surface area contributed by atoms with E-state index in [0.29, 0.717) is 0 Å². The Bertz CT molecular complexity index is 985. The third-order valence-electron chi connectivity index (χ3n) is 6.53. The summed E-state index contributed by atoms with van der Waals surface area (Å²) in [6.07, 6.45) is 11.4. The number of allylic oxidation sites excluding steroid dienone is 8. The summed E-state index contributed by atoms with van der Waals surface area (Å²) in [7, 11) is 0. The van der Waals surface area contributed by atoms with Gasteiger partial charge in [0.2, 0.25) is 0 Å². The van der Waals surface area contributed by atoms with Crippen molar-refractivity contribution in [3.8, 4) is 0 Å². The van der Waals surface area contributed by atoms with Crippen LogP contribution >= 0.6 is 0 Å². The molecule has 0 atom stereocenters. The van der Waals surface area contributed by atoms with Gasteiger partial charge in [0.05, 0.1) is 0 Å². The zero-order valence-corrected chi connectivity index (χ0v) is 18.2. The van der Waals surface area contributed by atoms with E-state index >= 15 is 0 Å². The Balaban J connectivity index is 2.13. The Labute approximate surface area is 157 Å². The molecule has 0 saturated heterocycles. The first kappa shape index (κ1) is 17.6. The van der Waals surface area contributed by atoms with Crippen LogP contribution in [0.3, 0.4) is 0 Å². The molecule has 0 amide bonds. The van der Waals surface area contributed by atoms with Crippen LogP contribution in [0.15, 0.2) is 103 Å². The molecule has 0 fully saturated rings. The average Bonchev–Trinajstić information content (AvgIpc) is 3.34. The third-order valence-corrected chi connectivity index (χ3v) is 23.1. The van der Waals surface area contributed by atoms with E-state index < -0.39 is 18.3 Å². The summed E-state index contributed by atoms with van der Waals surface area (Å²) in [5.41, 5.74) is 2.91. The van der Waals surface area contributed by atoms with Crippen LogP contribution in [0.1, 0.15) is 26.7 Å². The summed E-state index contributed by atoms with van der Waals surface area (Å²) < 4.78 is 11.3. The monoisotopic (exact) mass is 416 g/mol. The first-order valence-corrected chi connectivity index (χ1v) is 16.1. The molecule has 4 rings (SSSR count). The molecular weight excluding hydrogens is 391 g/mol. The molecule has 0 bridgehead atoms. The van der Waals surface area contributed by atoms with Crippen LogP contribution < -0.4 is 6.54 Å². The van der Waals surface area contributed by atoms with Crippen molar-refractivity contribution in [2.45, 2.75) is 26.7 Å². The fourth-order valence-corrected chi connectivity index (χ4v) is 20.3. The van der Waals surface area contributed by atoms with E-state index in [1.54, 1.807) is 6.56 Å². The molecule has 2 aliphatic rings. The van der Waals surface area contributed by atoms with Crippen molar-refractivity contribution in [3.63, 3.8) is 0 Å². The van der Waals surface area contributed by atoms with Crippen molar-refractivity contribution >= 4 is 10.8 Å². The standard InChI is InChI=1S/C7H9.2C6H5.C5H5.CH2.Zr/c1-6-4-3-5-7(6)2;2*1-2-4-6-5-3-1;1-2-4-5-3-1;;/h4H,5H2,1-2H3;2*1-5H;1-3H,4H2;1H2;. The summed E-state index contributed by atoms with van der Waals surface area (Å²) >= 11 is -4.12. The molecule has 0 unspecified atom stereocenters. The van der Waals surface area contributed by atoms with Crippen molar-refractivity contribution in [2.24, 2.45) is 0 Å². The topological polar surface area (TPSA) is 0 Å². The summed E-state index contributed by atoms with van der Waals surface area (Å²) in [6, 6.07) is 22.3. The van der Waals surface area contributed by atoms with Gasteiger partial charge in [-0.2, -0.15) is 0 Å². The van der Waals surface area contributed by atoms with Crippen molar-refractivity contribution in [2.75, 3.05) is 0 Å². The number of hydrogen-bond donors (Lipinski definition) is 0. The van der Waals surface area contributed by atoms with Crippen molar-refractivity contribution < 1.29 is 18.3 Å². The second-order valence-corrected chi connectivity index (χ2v) is 21.0. The molecule has 0 heterocycles. The summed E-state index contributed by atoms with van der Waals surface area (Å²) in [4.78, 5) is 0. The molecule has 0 radical (unpaired) electrons. The summed E-state index contributed by atoms with van der Waals surface area (Å²) in [5.74, 6) is 0. The number of benzene rings is 2.